The molecular formula is C21H17Br2N3O3. The molecule has 2 aromatic carbocycles. The van der Waals surface area contributed by atoms with Gasteiger partial charge < -0.3 is 9.73 Å². The molecule has 0 fully saturated rings. The zero-order valence-corrected chi connectivity index (χ0v) is 18.6. The maximum atomic E-state index is 12.2. The minimum absolute atomic E-state index is 0.202. The number of furan rings is 1. The van der Waals surface area contributed by atoms with Gasteiger partial charge in [0.25, 0.3) is 5.91 Å². The third-order valence-electron chi connectivity index (χ3n) is 3.96. The highest BCUT2D eigenvalue weighted by molar-refractivity contribution is 9.10. The Bertz CT molecular complexity index is 1060. The number of carbonyl (C=O) groups is 2. The van der Waals surface area contributed by atoms with Crippen molar-refractivity contribution >= 4 is 55.1 Å². The molecule has 0 bridgehead atoms. The number of nitrogens with zero attached hydrogens (tertiary/aromatic N) is 1. The van der Waals surface area contributed by atoms with E-state index in [2.05, 4.69) is 47.7 Å². The molecule has 0 spiro atoms. The second-order valence-corrected chi connectivity index (χ2v) is 7.87. The van der Waals surface area contributed by atoms with E-state index in [0.717, 1.165) is 15.6 Å². The van der Waals surface area contributed by atoms with E-state index in [1.807, 2.05) is 30.3 Å². The van der Waals surface area contributed by atoms with Crippen LogP contribution in [0.4, 0.5) is 5.69 Å². The molecule has 2 amide bonds. The molecule has 0 aliphatic carbocycles. The van der Waals surface area contributed by atoms with Gasteiger partial charge in [-0.05, 0) is 70.4 Å². The quantitative estimate of drug-likeness (QED) is 0.350. The summed E-state index contributed by atoms with van der Waals surface area (Å²) in [6, 6.07) is 17.9. The predicted molar refractivity (Wildman–Crippen MR) is 119 cm³/mol. The number of hydrogen-bond donors (Lipinski definition) is 2. The first kappa shape index (κ1) is 21.0. The molecule has 8 heteroatoms. The number of halogens is 2. The van der Waals surface area contributed by atoms with Crippen LogP contribution in [0.5, 0.6) is 0 Å². The highest BCUT2D eigenvalue weighted by Gasteiger charge is 2.11. The summed E-state index contributed by atoms with van der Waals surface area (Å²) < 4.78 is 6.69. The Morgan fingerprint density at radius 1 is 1.03 bits per heavy atom. The average molecular weight is 519 g/mol. The van der Waals surface area contributed by atoms with E-state index in [1.165, 1.54) is 0 Å². The van der Waals surface area contributed by atoms with Gasteiger partial charge in [-0.1, -0.05) is 40.2 Å². The van der Waals surface area contributed by atoms with E-state index in [1.54, 1.807) is 37.3 Å². The van der Waals surface area contributed by atoms with Gasteiger partial charge >= 0.3 is 0 Å². The van der Waals surface area contributed by atoms with Gasteiger partial charge in [0.1, 0.15) is 0 Å². The van der Waals surface area contributed by atoms with Gasteiger partial charge in [0.15, 0.2) is 10.4 Å². The van der Waals surface area contributed by atoms with Gasteiger partial charge in [-0.3, -0.25) is 9.59 Å². The SMILES string of the molecule is C/C(=N/NC(=O)Cc1ccc(Br)cc1)c1cccc(NC(=O)c2ccc(Br)o2)c1. The molecule has 6 nitrogen and oxygen atoms in total. The van der Waals surface area contributed by atoms with Crippen molar-refractivity contribution in [2.45, 2.75) is 13.3 Å². The van der Waals surface area contributed by atoms with Crippen molar-refractivity contribution in [3.8, 4) is 0 Å². The van der Waals surface area contributed by atoms with Crippen LogP contribution in [0.15, 0.2) is 79.3 Å². The second kappa shape index (κ2) is 9.67. The number of anilines is 1. The lowest BCUT2D eigenvalue weighted by molar-refractivity contribution is -0.120. The van der Waals surface area contributed by atoms with Crippen LogP contribution in [0.25, 0.3) is 0 Å². The van der Waals surface area contributed by atoms with Crippen molar-refractivity contribution in [2.24, 2.45) is 5.10 Å². The van der Waals surface area contributed by atoms with Gasteiger partial charge in [0.2, 0.25) is 5.91 Å². The fourth-order valence-corrected chi connectivity index (χ4v) is 3.06. The summed E-state index contributed by atoms with van der Waals surface area (Å²) in [7, 11) is 0. The normalized spacial score (nSPS) is 11.2. The smallest absolute Gasteiger partial charge is 0.291 e. The van der Waals surface area contributed by atoms with Crippen molar-refractivity contribution in [2.75, 3.05) is 5.32 Å². The topological polar surface area (TPSA) is 83.7 Å². The Kier molecular flexibility index (Phi) is 7.00. The number of hydrazone groups is 1. The van der Waals surface area contributed by atoms with Crippen LogP contribution in [-0.2, 0) is 11.2 Å². The van der Waals surface area contributed by atoms with Crippen LogP contribution in [0.2, 0.25) is 0 Å². The van der Waals surface area contributed by atoms with Gasteiger partial charge in [-0.25, -0.2) is 5.43 Å². The molecule has 0 unspecified atom stereocenters. The Labute approximate surface area is 184 Å². The molecule has 3 rings (SSSR count). The summed E-state index contributed by atoms with van der Waals surface area (Å²) in [5.74, 6) is -0.363. The summed E-state index contributed by atoms with van der Waals surface area (Å²) in [5.41, 5.74) is 5.44. The minimum atomic E-state index is -0.356. The number of rotatable bonds is 6. The average Bonchev–Trinajstić information content (AvgIpc) is 3.15. The lowest BCUT2D eigenvalue weighted by Gasteiger charge is -2.07. The van der Waals surface area contributed by atoms with Crippen molar-refractivity contribution < 1.29 is 14.0 Å². The van der Waals surface area contributed by atoms with Crippen LogP contribution >= 0.6 is 31.9 Å². The summed E-state index contributed by atoms with van der Waals surface area (Å²) in [5, 5.41) is 6.93. The Hall–Kier alpha value is -2.71. The van der Waals surface area contributed by atoms with E-state index >= 15 is 0 Å². The van der Waals surface area contributed by atoms with E-state index < -0.39 is 0 Å². The minimum Gasteiger partial charge on any atom is -0.444 e. The highest BCUT2D eigenvalue weighted by Crippen LogP contribution is 2.17. The summed E-state index contributed by atoms with van der Waals surface area (Å²) >= 11 is 6.54. The summed E-state index contributed by atoms with van der Waals surface area (Å²) in [6.45, 7) is 1.78. The monoisotopic (exact) mass is 517 g/mol. The van der Waals surface area contributed by atoms with Crippen molar-refractivity contribution in [3.05, 3.63) is 86.7 Å². The molecule has 0 radical (unpaired) electrons. The molecule has 148 valence electrons. The standard InChI is InChI=1S/C21H17Br2N3O3/c1-13(25-26-20(27)11-14-5-7-16(22)8-6-14)15-3-2-4-17(12-15)24-21(28)18-9-10-19(23)29-18/h2-10,12H,11H2,1H3,(H,24,28)(H,26,27)/b25-13-. The van der Waals surface area contributed by atoms with E-state index in [4.69, 9.17) is 4.42 Å². The number of hydrogen-bond acceptors (Lipinski definition) is 4. The largest absolute Gasteiger partial charge is 0.444 e. The lowest BCUT2D eigenvalue weighted by Crippen LogP contribution is -2.21. The Balaban J connectivity index is 1.62. The number of amides is 2. The van der Waals surface area contributed by atoms with Crippen LogP contribution in [0.1, 0.15) is 28.6 Å². The maximum Gasteiger partial charge on any atom is 0.291 e. The number of benzene rings is 2. The van der Waals surface area contributed by atoms with Gasteiger partial charge in [0.05, 0.1) is 12.1 Å². The van der Waals surface area contributed by atoms with E-state index in [0.29, 0.717) is 16.1 Å². The van der Waals surface area contributed by atoms with Crippen molar-refractivity contribution in [1.29, 1.82) is 0 Å². The first-order valence-corrected chi connectivity index (χ1v) is 10.2. The molecule has 0 aliphatic heterocycles. The fourth-order valence-electron chi connectivity index (χ4n) is 2.49. The zero-order valence-electron chi connectivity index (χ0n) is 15.4. The van der Waals surface area contributed by atoms with E-state index in [-0.39, 0.29) is 24.0 Å². The molecule has 0 saturated heterocycles. The lowest BCUT2D eigenvalue weighted by atomic mass is 10.1. The van der Waals surface area contributed by atoms with Crippen LogP contribution in [-0.4, -0.2) is 17.5 Å². The third kappa shape index (κ3) is 6.13. The molecule has 29 heavy (non-hydrogen) atoms. The van der Waals surface area contributed by atoms with Crippen LogP contribution in [0.3, 0.4) is 0 Å². The molecule has 0 aliphatic rings. The van der Waals surface area contributed by atoms with Crippen LogP contribution in [0, 0.1) is 0 Å². The summed E-state index contributed by atoms with van der Waals surface area (Å²) in [4.78, 5) is 24.3. The van der Waals surface area contributed by atoms with Gasteiger partial charge in [-0.15, -0.1) is 0 Å². The number of carbonyl (C=O) groups excluding carboxylic acids is 2. The highest BCUT2D eigenvalue weighted by atomic mass is 79.9. The summed E-state index contributed by atoms with van der Waals surface area (Å²) in [6.07, 6.45) is 0.235. The maximum absolute atomic E-state index is 12.2. The molecule has 0 saturated carbocycles. The second-order valence-electron chi connectivity index (χ2n) is 6.17. The molecular weight excluding hydrogens is 502 g/mol. The van der Waals surface area contributed by atoms with Crippen molar-refractivity contribution in [3.63, 3.8) is 0 Å². The molecule has 2 N–H and O–H groups in total. The zero-order chi connectivity index (χ0) is 20.8. The Morgan fingerprint density at radius 3 is 2.48 bits per heavy atom. The first-order chi connectivity index (χ1) is 13.9. The molecule has 1 heterocycles. The molecule has 0 atom stereocenters. The Morgan fingerprint density at radius 2 is 1.79 bits per heavy atom. The third-order valence-corrected chi connectivity index (χ3v) is 4.92. The van der Waals surface area contributed by atoms with E-state index in [9.17, 15) is 9.59 Å². The molecule has 1 aromatic heterocycles. The van der Waals surface area contributed by atoms with Gasteiger partial charge in [0, 0.05) is 10.2 Å². The van der Waals surface area contributed by atoms with Crippen molar-refractivity contribution in [1.82, 2.24) is 5.43 Å². The van der Waals surface area contributed by atoms with Gasteiger partial charge in [-0.2, -0.15) is 5.10 Å². The first-order valence-electron chi connectivity index (χ1n) is 8.65. The fraction of sp³-hybridized carbons (Fsp3) is 0.0952. The van der Waals surface area contributed by atoms with Crippen LogP contribution < -0.4 is 10.7 Å². The number of nitrogens with one attached hydrogen (secondary N) is 2. The predicted octanol–water partition coefficient (Wildman–Crippen LogP) is 5.14. The molecule has 3 aromatic rings.